The lowest BCUT2D eigenvalue weighted by molar-refractivity contribution is -0.384. The Morgan fingerprint density at radius 3 is 2.47 bits per heavy atom. The van der Waals surface area contributed by atoms with Crippen molar-refractivity contribution in [3.63, 3.8) is 0 Å². The van der Waals surface area contributed by atoms with Crippen LogP contribution in [0.1, 0.15) is 31.2 Å². The van der Waals surface area contributed by atoms with Gasteiger partial charge in [-0.05, 0) is 43.4 Å². The van der Waals surface area contributed by atoms with Gasteiger partial charge in [0.1, 0.15) is 0 Å². The van der Waals surface area contributed by atoms with Crippen LogP contribution in [0.3, 0.4) is 0 Å². The molecule has 0 fully saturated rings. The molecule has 0 radical (unpaired) electrons. The van der Waals surface area contributed by atoms with Crippen molar-refractivity contribution < 1.29 is 4.92 Å². The van der Waals surface area contributed by atoms with Gasteiger partial charge in [-0.15, -0.1) is 0 Å². The van der Waals surface area contributed by atoms with Gasteiger partial charge in [0, 0.05) is 17.7 Å². The van der Waals surface area contributed by atoms with E-state index in [0.717, 1.165) is 18.4 Å². The molecule has 1 aromatic rings. The number of benzene rings is 1. The standard InChI is InChI=1S/C14H13NO2/c16-15(17)14-10-8-13(9-11-14)7-6-12-4-2-1-3-5-12/h4,8-11H,1-3,5H2. The molecule has 0 N–H and O–H groups in total. The fourth-order valence-electron chi connectivity index (χ4n) is 1.77. The average molecular weight is 227 g/mol. The van der Waals surface area contributed by atoms with Crippen LogP contribution in [-0.4, -0.2) is 4.92 Å². The molecular weight excluding hydrogens is 214 g/mol. The van der Waals surface area contributed by atoms with Gasteiger partial charge in [-0.2, -0.15) is 0 Å². The summed E-state index contributed by atoms with van der Waals surface area (Å²) in [6.45, 7) is 0. The quantitative estimate of drug-likeness (QED) is 0.419. The number of rotatable bonds is 1. The van der Waals surface area contributed by atoms with E-state index >= 15 is 0 Å². The minimum Gasteiger partial charge on any atom is -0.258 e. The van der Waals surface area contributed by atoms with Crippen molar-refractivity contribution in [1.82, 2.24) is 0 Å². The Kier molecular flexibility index (Phi) is 3.56. The number of nitro benzene ring substituents is 1. The first-order valence-corrected chi connectivity index (χ1v) is 5.71. The number of non-ortho nitro benzene ring substituents is 1. The van der Waals surface area contributed by atoms with Crippen molar-refractivity contribution >= 4 is 5.69 Å². The molecule has 1 aromatic carbocycles. The van der Waals surface area contributed by atoms with E-state index in [1.54, 1.807) is 12.1 Å². The molecule has 17 heavy (non-hydrogen) atoms. The second-order valence-corrected chi connectivity index (χ2v) is 4.03. The molecule has 3 heteroatoms. The van der Waals surface area contributed by atoms with Gasteiger partial charge >= 0.3 is 0 Å². The van der Waals surface area contributed by atoms with Gasteiger partial charge in [-0.3, -0.25) is 10.1 Å². The highest BCUT2D eigenvalue weighted by atomic mass is 16.6. The predicted octanol–water partition coefficient (Wildman–Crippen LogP) is 3.45. The number of allylic oxidation sites excluding steroid dienone is 2. The third kappa shape index (κ3) is 3.18. The molecule has 0 amide bonds. The zero-order valence-corrected chi connectivity index (χ0v) is 9.48. The first-order chi connectivity index (χ1) is 8.25. The molecule has 1 aliphatic carbocycles. The average Bonchev–Trinajstić information content (AvgIpc) is 2.38. The molecule has 0 saturated carbocycles. The van der Waals surface area contributed by atoms with Crippen LogP contribution >= 0.6 is 0 Å². The zero-order valence-electron chi connectivity index (χ0n) is 9.48. The van der Waals surface area contributed by atoms with Gasteiger partial charge in [0.05, 0.1) is 4.92 Å². The van der Waals surface area contributed by atoms with E-state index in [9.17, 15) is 10.1 Å². The van der Waals surface area contributed by atoms with Crippen molar-refractivity contribution in [3.05, 3.63) is 51.6 Å². The number of hydrogen-bond donors (Lipinski definition) is 0. The topological polar surface area (TPSA) is 43.1 Å². The number of nitro groups is 1. The van der Waals surface area contributed by atoms with Gasteiger partial charge in [-0.25, -0.2) is 0 Å². The summed E-state index contributed by atoms with van der Waals surface area (Å²) in [7, 11) is 0. The van der Waals surface area contributed by atoms with E-state index in [4.69, 9.17) is 0 Å². The first kappa shape index (κ1) is 11.4. The molecule has 0 aromatic heterocycles. The summed E-state index contributed by atoms with van der Waals surface area (Å²) >= 11 is 0. The highest BCUT2D eigenvalue weighted by Crippen LogP contribution is 2.16. The summed E-state index contributed by atoms with van der Waals surface area (Å²) in [6, 6.07) is 6.35. The van der Waals surface area contributed by atoms with E-state index in [0.29, 0.717) is 0 Å². The predicted molar refractivity (Wildman–Crippen MR) is 66.5 cm³/mol. The Morgan fingerprint density at radius 2 is 1.88 bits per heavy atom. The Bertz CT molecular complexity index is 503. The Balaban J connectivity index is 2.11. The van der Waals surface area contributed by atoms with E-state index in [1.165, 1.54) is 30.5 Å². The monoisotopic (exact) mass is 227 g/mol. The molecular formula is C14H13NO2. The van der Waals surface area contributed by atoms with Crippen LogP contribution in [0.25, 0.3) is 0 Å². The highest BCUT2D eigenvalue weighted by molar-refractivity contribution is 5.44. The molecule has 1 aliphatic rings. The van der Waals surface area contributed by atoms with Crippen LogP contribution in [-0.2, 0) is 0 Å². The molecule has 0 spiro atoms. The SMILES string of the molecule is O=[N+]([O-])c1ccc(C#CC2=CCCCC2)cc1. The zero-order chi connectivity index (χ0) is 12.1. The Morgan fingerprint density at radius 1 is 1.12 bits per heavy atom. The van der Waals surface area contributed by atoms with Crippen LogP contribution < -0.4 is 0 Å². The second-order valence-electron chi connectivity index (χ2n) is 4.03. The van der Waals surface area contributed by atoms with Crippen LogP contribution in [0.15, 0.2) is 35.9 Å². The van der Waals surface area contributed by atoms with Crippen molar-refractivity contribution in [1.29, 1.82) is 0 Å². The Hall–Kier alpha value is -2.08. The molecule has 0 atom stereocenters. The lowest BCUT2D eigenvalue weighted by Gasteiger charge is -2.05. The van der Waals surface area contributed by atoms with Crippen LogP contribution in [0.5, 0.6) is 0 Å². The van der Waals surface area contributed by atoms with Crippen LogP contribution in [0, 0.1) is 22.0 Å². The fraction of sp³-hybridized carbons (Fsp3) is 0.286. The van der Waals surface area contributed by atoms with Crippen LogP contribution in [0.2, 0.25) is 0 Å². The van der Waals surface area contributed by atoms with E-state index in [1.807, 2.05) is 0 Å². The maximum atomic E-state index is 10.5. The summed E-state index contributed by atoms with van der Waals surface area (Å²) in [5.41, 5.74) is 2.11. The van der Waals surface area contributed by atoms with Gasteiger partial charge in [0.2, 0.25) is 0 Å². The molecule has 0 unspecified atom stereocenters. The van der Waals surface area contributed by atoms with Crippen molar-refractivity contribution in [2.24, 2.45) is 0 Å². The third-order valence-electron chi connectivity index (χ3n) is 2.74. The lowest BCUT2D eigenvalue weighted by atomic mass is 10.00. The van der Waals surface area contributed by atoms with E-state index in [-0.39, 0.29) is 5.69 Å². The van der Waals surface area contributed by atoms with Crippen molar-refractivity contribution in [2.75, 3.05) is 0 Å². The third-order valence-corrected chi connectivity index (χ3v) is 2.74. The van der Waals surface area contributed by atoms with Crippen molar-refractivity contribution in [3.8, 4) is 11.8 Å². The summed E-state index contributed by atoms with van der Waals surface area (Å²) in [6.07, 6.45) is 6.82. The molecule has 3 nitrogen and oxygen atoms in total. The maximum absolute atomic E-state index is 10.5. The molecule has 2 rings (SSSR count). The van der Waals surface area contributed by atoms with Gasteiger partial charge in [0.25, 0.3) is 5.69 Å². The molecule has 0 heterocycles. The summed E-state index contributed by atoms with van der Waals surface area (Å²) < 4.78 is 0. The van der Waals surface area contributed by atoms with Crippen LogP contribution in [0.4, 0.5) is 5.69 Å². The molecule has 0 saturated heterocycles. The molecule has 0 bridgehead atoms. The second kappa shape index (κ2) is 5.31. The summed E-state index contributed by atoms with van der Waals surface area (Å²) in [4.78, 5) is 10.1. The maximum Gasteiger partial charge on any atom is 0.269 e. The summed E-state index contributed by atoms with van der Waals surface area (Å²) in [5.74, 6) is 6.17. The molecule has 0 aliphatic heterocycles. The van der Waals surface area contributed by atoms with Gasteiger partial charge in [-0.1, -0.05) is 17.9 Å². The number of hydrogen-bond acceptors (Lipinski definition) is 2. The highest BCUT2D eigenvalue weighted by Gasteiger charge is 2.03. The van der Waals surface area contributed by atoms with Gasteiger partial charge in [0.15, 0.2) is 0 Å². The van der Waals surface area contributed by atoms with Gasteiger partial charge < -0.3 is 0 Å². The fourth-order valence-corrected chi connectivity index (χ4v) is 1.77. The first-order valence-electron chi connectivity index (χ1n) is 5.71. The number of nitrogens with zero attached hydrogens (tertiary/aromatic N) is 1. The molecule has 86 valence electrons. The minimum absolute atomic E-state index is 0.104. The largest absolute Gasteiger partial charge is 0.269 e. The smallest absolute Gasteiger partial charge is 0.258 e. The van der Waals surface area contributed by atoms with Crippen molar-refractivity contribution in [2.45, 2.75) is 25.7 Å². The minimum atomic E-state index is -0.402. The lowest BCUT2D eigenvalue weighted by Crippen LogP contribution is -1.89. The summed E-state index contributed by atoms with van der Waals surface area (Å²) in [5, 5.41) is 10.5. The van der Waals surface area contributed by atoms with E-state index in [2.05, 4.69) is 17.9 Å². The normalized spacial score (nSPS) is 14.5. The Labute approximate surface area is 100 Å². The van der Waals surface area contributed by atoms with E-state index < -0.39 is 4.92 Å².